The molecule has 0 spiro atoms. The highest BCUT2D eigenvalue weighted by Gasteiger charge is 2.21. The van der Waals surface area contributed by atoms with E-state index in [1.165, 1.54) is 11.1 Å². The van der Waals surface area contributed by atoms with Gasteiger partial charge in [-0.15, -0.1) is 0 Å². The van der Waals surface area contributed by atoms with Crippen molar-refractivity contribution in [3.05, 3.63) is 35.4 Å². The zero-order valence-corrected chi connectivity index (χ0v) is 11.2. The number of hydrogen-bond acceptors (Lipinski definition) is 2. The number of nitrogens with one attached hydrogen (secondary N) is 2. The maximum absolute atomic E-state index is 11.9. The first-order valence-electron chi connectivity index (χ1n) is 6.81. The Balaban J connectivity index is 2.01. The molecule has 0 saturated heterocycles. The normalized spacial score (nSPS) is 20.0. The number of fused-ring (bicyclic) bond motifs is 1. The van der Waals surface area contributed by atoms with E-state index in [0.29, 0.717) is 6.42 Å². The largest absolute Gasteiger partial charge is 0.354 e. The van der Waals surface area contributed by atoms with Crippen LogP contribution in [-0.4, -0.2) is 18.5 Å². The molecule has 2 rings (SSSR count). The van der Waals surface area contributed by atoms with Crippen molar-refractivity contribution in [1.82, 2.24) is 10.6 Å². The minimum atomic E-state index is 0.138. The number of rotatable bonds is 4. The van der Waals surface area contributed by atoms with Crippen molar-refractivity contribution in [3.63, 3.8) is 0 Å². The molecule has 0 fully saturated rings. The Morgan fingerprint density at radius 2 is 2.28 bits per heavy atom. The SMILES string of the molecule is CCC(C)NC(=O)CC1NCCc2ccccc21. The highest BCUT2D eigenvalue weighted by Crippen LogP contribution is 2.24. The molecule has 1 aliphatic rings. The summed E-state index contributed by atoms with van der Waals surface area (Å²) in [6.45, 7) is 5.08. The van der Waals surface area contributed by atoms with E-state index in [-0.39, 0.29) is 18.0 Å². The van der Waals surface area contributed by atoms with Crippen LogP contribution in [0.15, 0.2) is 24.3 Å². The third-order valence-corrected chi connectivity index (χ3v) is 3.62. The van der Waals surface area contributed by atoms with Crippen LogP contribution < -0.4 is 10.6 Å². The summed E-state index contributed by atoms with van der Waals surface area (Å²) in [4.78, 5) is 11.9. The van der Waals surface area contributed by atoms with Crippen LogP contribution in [0.3, 0.4) is 0 Å². The van der Waals surface area contributed by atoms with Crippen molar-refractivity contribution in [2.75, 3.05) is 6.54 Å². The van der Waals surface area contributed by atoms with E-state index in [1.54, 1.807) is 0 Å². The van der Waals surface area contributed by atoms with Gasteiger partial charge in [0.1, 0.15) is 0 Å². The van der Waals surface area contributed by atoms with Crippen molar-refractivity contribution in [2.24, 2.45) is 0 Å². The topological polar surface area (TPSA) is 41.1 Å². The van der Waals surface area contributed by atoms with Gasteiger partial charge in [-0.05, 0) is 37.4 Å². The fourth-order valence-corrected chi connectivity index (χ4v) is 2.40. The molecule has 2 N–H and O–H groups in total. The molecule has 0 aromatic heterocycles. The summed E-state index contributed by atoms with van der Waals surface area (Å²) in [5.74, 6) is 0.138. The molecule has 18 heavy (non-hydrogen) atoms. The zero-order valence-electron chi connectivity index (χ0n) is 11.2. The van der Waals surface area contributed by atoms with Gasteiger partial charge >= 0.3 is 0 Å². The second-order valence-corrected chi connectivity index (χ2v) is 5.04. The first-order valence-corrected chi connectivity index (χ1v) is 6.81. The Hall–Kier alpha value is -1.35. The average molecular weight is 246 g/mol. The monoisotopic (exact) mass is 246 g/mol. The Morgan fingerprint density at radius 3 is 3.06 bits per heavy atom. The van der Waals surface area contributed by atoms with Crippen molar-refractivity contribution in [3.8, 4) is 0 Å². The summed E-state index contributed by atoms with van der Waals surface area (Å²) in [6, 6.07) is 8.83. The van der Waals surface area contributed by atoms with E-state index < -0.39 is 0 Å². The molecule has 2 atom stereocenters. The Labute approximate surface area is 109 Å². The van der Waals surface area contributed by atoms with Gasteiger partial charge in [-0.3, -0.25) is 4.79 Å². The van der Waals surface area contributed by atoms with Crippen molar-refractivity contribution in [2.45, 2.75) is 45.2 Å². The van der Waals surface area contributed by atoms with Gasteiger partial charge < -0.3 is 10.6 Å². The smallest absolute Gasteiger partial charge is 0.222 e. The van der Waals surface area contributed by atoms with Gasteiger partial charge in [-0.1, -0.05) is 31.2 Å². The maximum atomic E-state index is 11.9. The van der Waals surface area contributed by atoms with Gasteiger partial charge in [-0.2, -0.15) is 0 Å². The molecule has 0 aliphatic carbocycles. The van der Waals surface area contributed by atoms with Crippen molar-refractivity contribution >= 4 is 5.91 Å². The van der Waals surface area contributed by atoms with Crippen LogP contribution in [0, 0.1) is 0 Å². The van der Waals surface area contributed by atoms with Gasteiger partial charge in [0.25, 0.3) is 0 Å². The molecule has 0 radical (unpaired) electrons. The Morgan fingerprint density at radius 1 is 1.50 bits per heavy atom. The van der Waals surface area contributed by atoms with E-state index in [2.05, 4.69) is 35.8 Å². The van der Waals surface area contributed by atoms with E-state index in [1.807, 2.05) is 13.0 Å². The number of hydrogen-bond donors (Lipinski definition) is 2. The van der Waals surface area contributed by atoms with Gasteiger partial charge in [0.2, 0.25) is 5.91 Å². The van der Waals surface area contributed by atoms with Crippen LogP contribution in [-0.2, 0) is 11.2 Å². The fourth-order valence-electron chi connectivity index (χ4n) is 2.40. The minimum absolute atomic E-state index is 0.138. The highest BCUT2D eigenvalue weighted by molar-refractivity contribution is 5.77. The predicted octanol–water partition coefficient (Wildman–Crippen LogP) is 2.18. The molecule has 2 unspecified atom stereocenters. The summed E-state index contributed by atoms with van der Waals surface area (Å²) in [7, 11) is 0. The van der Waals surface area contributed by atoms with Crippen LogP contribution >= 0.6 is 0 Å². The summed E-state index contributed by atoms with van der Waals surface area (Å²) in [6.07, 6.45) is 2.56. The van der Waals surface area contributed by atoms with Crippen LogP contribution in [0.2, 0.25) is 0 Å². The molecule has 1 aromatic rings. The number of carbonyl (C=O) groups is 1. The first-order chi connectivity index (χ1) is 8.70. The molecule has 1 amide bonds. The van der Waals surface area contributed by atoms with E-state index in [0.717, 1.165) is 19.4 Å². The standard InChI is InChI=1S/C15H22N2O/c1-3-11(2)17-15(18)10-14-13-7-5-4-6-12(13)8-9-16-14/h4-7,11,14,16H,3,8-10H2,1-2H3,(H,17,18). The molecule has 0 bridgehead atoms. The molecule has 3 nitrogen and oxygen atoms in total. The lowest BCUT2D eigenvalue weighted by molar-refractivity contribution is -0.122. The number of benzene rings is 1. The maximum Gasteiger partial charge on any atom is 0.222 e. The second kappa shape index (κ2) is 6.01. The van der Waals surface area contributed by atoms with Crippen LogP contribution in [0.5, 0.6) is 0 Å². The molecule has 1 aliphatic heterocycles. The van der Waals surface area contributed by atoms with Crippen LogP contribution in [0.4, 0.5) is 0 Å². The predicted molar refractivity (Wildman–Crippen MR) is 73.4 cm³/mol. The van der Waals surface area contributed by atoms with Crippen molar-refractivity contribution < 1.29 is 4.79 Å². The molecule has 98 valence electrons. The summed E-state index contributed by atoms with van der Waals surface area (Å²) in [5, 5.41) is 6.47. The second-order valence-electron chi connectivity index (χ2n) is 5.04. The van der Waals surface area contributed by atoms with Gasteiger partial charge in [0.05, 0.1) is 0 Å². The van der Waals surface area contributed by atoms with Crippen LogP contribution in [0.25, 0.3) is 0 Å². The van der Waals surface area contributed by atoms with E-state index in [4.69, 9.17) is 0 Å². The first kappa shape index (κ1) is 13.1. The zero-order chi connectivity index (χ0) is 13.0. The van der Waals surface area contributed by atoms with Gasteiger partial charge in [0, 0.05) is 18.5 Å². The molecule has 0 saturated carbocycles. The van der Waals surface area contributed by atoms with Gasteiger partial charge in [-0.25, -0.2) is 0 Å². The average Bonchev–Trinajstić information content (AvgIpc) is 2.39. The molecular formula is C15H22N2O. The summed E-state index contributed by atoms with van der Waals surface area (Å²) in [5.41, 5.74) is 2.65. The van der Waals surface area contributed by atoms with E-state index in [9.17, 15) is 4.79 Å². The molecular weight excluding hydrogens is 224 g/mol. The van der Waals surface area contributed by atoms with Gasteiger partial charge in [0.15, 0.2) is 0 Å². The van der Waals surface area contributed by atoms with Crippen molar-refractivity contribution in [1.29, 1.82) is 0 Å². The third kappa shape index (κ3) is 3.10. The number of amides is 1. The van der Waals surface area contributed by atoms with Crippen LogP contribution in [0.1, 0.15) is 43.9 Å². The Bertz CT molecular complexity index is 417. The number of carbonyl (C=O) groups excluding carboxylic acids is 1. The lowest BCUT2D eigenvalue weighted by atomic mass is 9.92. The minimum Gasteiger partial charge on any atom is -0.354 e. The quantitative estimate of drug-likeness (QED) is 0.855. The molecule has 1 aromatic carbocycles. The lowest BCUT2D eigenvalue weighted by Gasteiger charge is -2.27. The summed E-state index contributed by atoms with van der Waals surface area (Å²) < 4.78 is 0. The fraction of sp³-hybridized carbons (Fsp3) is 0.533. The Kier molecular flexibility index (Phi) is 4.37. The highest BCUT2D eigenvalue weighted by atomic mass is 16.1. The summed E-state index contributed by atoms with van der Waals surface area (Å²) >= 11 is 0. The molecule has 1 heterocycles. The third-order valence-electron chi connectivity index (χ3n) is 3.62. The van der Waals surface area contributed by atoms with E-state index >= 15 is 0 Å². The lowest BCUT2D eigenvalue weighted by Crippen LogP contribution is -2.37. The molecule has 3 heteroatoms.